The van der Waals surface area contributed by atoms with Gasteiger partial charge in [-0.25, -0.2) is 0 Å². The largest absolute Gasteiger partial charge is 0.369 e. The van der Waals surface area contributed by atoms with Crippen molar-refractivity contribution in [3.05, 3.63) is 35.9 Å². The minimum atomic E-state index is -0.240. The monoisotopic (exact) mass is 189 g/mol. The van der Waals surface area contributed by atoms with E-state index in [-0.39, 0.29) is 11.3 Å². The van der Waals surface area contributed by atoms with Crippen LogP contribution in [0.5, 0.6) is 0 Å². The number of rotatable bonds is 3. The zero-order chi connectivity index (χ0) is 10.2. The van der Waals surface area contributed by atoms with E-state index in [1.807, 2.05) is 25.1 Å². The Morgan fingerprint density at radius 3 is 2.64 bits per heavy atom. The van der Waals surface area contributed by atoms with Gasteiger partial charge < -0.3 is 5.73 Å². The molecule has 1 aromatic carbocycles. The van der Waals surface area contributed by atoms with Gasteiger partial charge in [0.2, 0.25) is 5.91 Å². The Balaban J connectivity index is 2.00. The van der Waals surface area contributed by atoms with Gasteiger partial charge in [0.1, 0.15) is 0 Å². The van der Waals surface area contributed by atoms with E-state index in [2.05, 4.69) is 12.1 Å². The van der Waals surface area contributed by atoms with E-state index in [0.717, 1.165) is 12.8 Å². The molecule has 2 rings (SSSR count). The maximum atomic E-state index is 11.1. The van der Waals surface area contributed by atoms with Crippen LogP contribution in [0, 0.1) is 11.3 Å². The van der Waals surface area contributed by atoms with Crippen molar-refractivity contribution in [2.75, 3.05) is 0 Å². The van der Waals surface area contributed by atoms with Crippen LogP contribution in [0.2, 0.25) is 0 Å². The first-order chi connectivity index (χ1) is 6.63. The van der Waals surface area contributed by atoms with Crippen LogP contribution in [-0.2, 0) is 11.2 Å². The third-order valence-corrected chi connectivity index (χ3v) is 3.30. The van der Waals surface area contributed by atoms with E-state index in [1.165, 1.54) is 5.56 Å². The van der Waals surface area contributed by atoms with Gasteiger partial charge in [0, 0.05) is 5.41 Å². The van der Waals surface area contributed by atoms with Crippen molar-refractivity contribution in [2.24, 2.45) is 17.1 Å². The highest BCUT2D eigenvalue weighted by Crippen LogP contribution is 2.53. The third-order valence-electron chi connectivity index (χ3n) is 3.30. The predicted octanol–water partition coefficient (Wildman–Crippen LogP) is 1.74. The summed E-state index contributed by atoms with van der Waals surface area (Å²) in [5.74, 6) is 0.292. The molecule has 0 saturated heterocycles. The van der Waals surface area contributed by atoms with Gasteiger partial charge in [-0.2, -0.15) is 0 Å². The number of carbonyl (C=O) groups excluding carboxylic acids is 1. The van der Waals surface area contributed by atoms with Gasteiger partial charge in [0.05, 0.1) is 0 Å². The third kappa shape index (κ3) is 1.52. The molecule has 1 amide bonds. The van der Waals surface area contributed by atoms with Crippen molar-refractivity contribution >= 4 is 5.91 Å². The smallest absolute Gasteiger partial charge is 0.223 e. The Kier molecular flexibility index (Phi) is 2.06. The molecule has 1 fully saturated rings. The molecule has 0 unspecified atom stereocenters. The van der Waals surface area contributed by atoms with Crippen molar-refractivity contribution in [3.8, 4) is 0 Å². The van der Waals surface area contributed by atoms with E-state index in [1.54, 1.807) is 0 Å². The van der Waals surface area contributed by atoms with E-state index >= 15 is 0 Å². The molecule has 0 aliphatic heterocycles. The van der Waals surface area contributed by atoms with E-state index in [9.17, 15) is 4.79 Å². The maximum Gasteiger partial charge on any atom is 0.223 e. The van der Waals surface area contributed by atoms with Crippen LogP contribution in [0.3, 0.4) is 0 Å². The van der Waals surface area contributed by atoms with Gasteiger partial charge >= 0.3 is 0 Å². The standard InChI is InChI=1S/C12H15NO/c1-12(11(13)14)8-10(12)7-9-5-3-2-4-6-9/h2-6,10H,7-8H2,1H3,(H2,13,14)/t10-,12+/m1/s1. The highest BCUT2D eigenvalue weighted by atomic mass is 16.1. The van der Waals surface area contributed by atoms with Crippen LogP contribution in [0.15, 0.2) is 30.3 Å². The summed E-state index contributed by atoms with van der Waals surface area (Å²) < 4.78 is 0. The Morgan fingerprint density at radius 1 is 1.50 bits per heavy atom. The van der Waals surface area contributed by atoms with Gasteiger partial charge in [-0.05, 0) is 24.3 Å². The highest BCUT2D eigenvalue weighted by Gasteiger charge is 2.54. The molecule has 0 radical (unpaired) electrons. The predicted molar refractivity (Wildman–Crippen MR) is 55.6 cm³/mol. The number of amides is 1. The molecule has 74 valence electrons. The summed E-state index contributed by atoms with van der Waals surface area (Å²) in [5, 5.41) is 0. The second-order valence-corrected chi connectivity index (χ2v) is 4.37. The maximum absolute atomic E-state index is 11.1. The molecule has 0 heterocycles. The lowest BCUT2D eigenvalue weighted by Gasteiger charge is -2.05. The Bertz CT molecular complexity index is 347. The first-order valence-electron chi connectivity index (χ1n) is 4.97. The number of nitrogens with two attached hydrogens (primary N) is 1. The van der Waals surface area contributed by atoms with Crippen LogP contribution < -0.4 is 5.73 Å². The number of primary amides is 1. The lowest BCUT2D eigenvalue weighted by Crippen LogP contribution is -2.24. The zero-order valence-corrected chi connectivity index (χ0v) is 8.36. The van der Waals surface area contributed by atoms with E-state index < -0.39 is 0 Å². The van der Waals surface area contributed by atoms with Crippen LogP contribution in [-0.4, -0.2) is 5.91 Å². The van der Waals surface area contributed by atoms with E-state index in [0.29, 0.717) is 5.92 Å². The minimum Gasteiger partial charge on any atom is -0.369 e. The normalized spacial score (nSPS) is 29.9. The Labute approximate surface area is 84.1 Å². The molecule has 0 bridgehead atoms. The lowest BCUT2D eigenvalue weighted by atomic mass is 10.0. The Hall–Kier alpha value is -1.31. The fraction of sp³-hybridized carbons (Fsp3) is 0.417. The summed E-state index contributed by atoms with van der Waals surface area (Å²) in [5.41, 5.74) is 6.39. The summed E-state index contributed by atoms with van der Waals surface area (Å²) in [7, 11) is 0. The molecule has 0 aromatic heterocycles. The molecule has 1 saturated carbocycles. The number of benzene rings is 1. The number of carbonyl (C=O) groups is 1. The summed E-state index contributed by atoms with van der Waals surface area (Å²) in [6, 6.07) is 10.3. The zero-order valence-electron chi connectivity index (χ0n) is 8.36. The van der Waals surface area contributed by atoms with E-state index in [4.69, 9.17) is 5.73 Å². The fourth-order valence-electron chi connectivity index (χ4n) is 1.95. The van der Waals surface area contributed by atoms with Gasteiger partial charge in [0.25, 0.3) is 0 Å². The van der Waals surface area contributed by atoms with Crippen molar-refractivity contribution in [1.29, 1.82) is 0 Å². The summed E-state index contributed by atoms with van der Waals surface area (Å²) in [4.78, 5) is 11.1. The van der Waals surface area contributed by atoms with Gasteiger partial charge in [0.15, 0.2) is 0 Å². The molecular formula is C12H15NO. The molecule has 1 aliphatic rings. The molecule has 2 N–H and O–H groups in total. The second kappa shape index (κ2) is 3.12. The van der Waals surface area contributed by atoms with Gasteiger partial charge in [-0.15, -0.1) is 0 Å². The molecule has 2 nitrogen and oxygen atoms in total. The molecule has 2 heteroatoms. The summed E-state index contributed by atoms with van der Waals surface area (Å²) >= 11 is 0. The molecule has 1 aromatic rings. The van der Waals surface area contributed by atoms with Gasteiger partial charge in [-0.3, -0.25) is 4.79 Å². The topological polar surface area (TPSA) is 43.1 Å². The van der Waals surface area contributed by atoms with Crippen LogP contribution in [0.1, 0.15) is 18.9 Å². The fourth-order valence-corrected chi connectivity index (χ4v) is 1.95. The Morgan fingerprint density at radius 2 is 2.14 bits per heavy atom. The van der Waals surface area contributed by atoms with Crippen molar-refractivity contribution in [2.45, 2.75) is 19.8 Å². The van der Waals surface area contributed by atoms with Crippen molar-refractivity contribution in [1.82, 2.24) is 0 Å². The lowest BCUT2D eigenvalue weighted by molar-refractivity contribution is -0.122. The summed E-state index contributed by atoms with van der Waals surface area (Å²) in [6.07, 6.45) is 1.91. The second-order valence-electron chi connectivity index (χ2n) is 4.37. The van der Waals surface area contributed by atoms with Crippen molar-refractivity contribution in [3.63, 3.8) is 0 Å². The average molecular weight is 189 g/mol. The van der Waals surface area contributed by atoms with Crippen molar-refractivity contribution < 1.29 is 4.79 Å². The quantitative estimate of drug-likeness (QED) is 0.773. The molecular weight excluding hydrogens is 174 g/mol. The average Bonchev–Trinajstić information content (AvgIpc) is 2.80. The van der Waals surface area contributed by atoms with Gasteiger partial charge in [-0.1, -0.05) is 37.3 Å². The van der Waals surface area contributed by atoms with Crippen LogP contribution in [0.4, 0.5) is 0 Å². The van der Waals surface area contributed by atoms with Crippen LogP contribution >= 0.6 is 0 Å². The number of hydrogen-bond acceptors (Lipinski definition) is 1. The first-order valence-corrected chi connectivity index (χ1v) is 4.97. The molecule has 0 spiro atoms. The number of hydrogen-bond donors (Lipinski definition) is 1. The highest BCUT2D eigenvalue weighted by molar-refractivity contribution is 5.83. The van der Waals surface area contributed by atoms with Crippen LogP contribution in [0.25, 0.3) is 0 Å². The molecule has 14 heavy (non-hydrogen) atoms. The molecule has 1 aliphatic carbocycles. The minimum absolute atomic E-state index is 0.154. The SMILES string of the molecule is C[C@]1(C(N)=O)C[C@H]1Cc1ccccc1. The molecule has 2 atom stereocenters. The first kappa shape index (κ1) is 9.25. The summed E-state index contributed by atoms with van der Waals surface area (Å²) in [6.45, 7) is 1.96.